The minimum absolute atomic E-state index is 0. The predicted molar refractivity (Wildman–Crippen MR) is 34.3 cm³/mol. The molecule has 0 unspecified atom stereocenters. The Kier molecular flexibility index (Phi) is 4.14. The molecule has 0 amide bonds. The molecule has 0 bridgehead atoms. The average molecular weight is 164 g/mol. The Hall–Kier alpha value is -0.501. The van der Waals surface area contributed by atoms with Gasteiger partial charge in [0, 0.05) is 22.8 Å². The van der Waals surface area contributed by atoms with Crippen molar-refractivity contribution in [3.63, 3.8) is 0 Å². The quantitative estimate of drug-likeness (QED) is 0.368. The molecule has 2 nitrogen and oxygen atoms in total. The van der Waals surface area contributed by atoms with Crippen LogP contribution >= 0.6 is 0 Å². The average Bonchev–Trinajstić information content (AvgIpc) is 1.90. The largest absolute Gasteiger partial charge is 0.324 e. The van der Waals surface area contributed by atoms with Crippen LogP contribution in [0.5, 0.6) is 0 Å². The fourth-order valence-corrected chi connectivity index (χ4v) is 0.534. The summed E-state index contributed by atoms with van der Waals surface area (Å²) in [6, 6.07) is 9.60. The zero-order valence-electron chi connectivity index (χ0n) is 4.82. The number of rotatable bonds is 1. The maximum Gasteiger partial charge on any atom is 0.0485 e. The van der Waals surface area contributed by atoms with E-state index in [0.29, 0.717) is 0 Å². The summed E-state index contributed by atoms with van der Waals surface area (Å²) in [5.41, 5.74) is 3.46. The van der Waals surface area contributed by atoms with E-state index in [1.54, 1.807) is 0 Å². The molecule has 9 heavy (non-hydrogen) atoms. The Labute approximate surface area is 64.9 Å². The summed E-state index contributed by atoms with van der Waals surface area (Å²) in [7, 11) is 0. The SMILES string of the molecule is NNc1ccccc1.[Fe]. The van der Waals surface area contributed by atoms with E-state index < -0.39 is 0 Å². The summed E-state index contributed by atoms with van der Waals surface area (Å²) in [6.45, 7) is 0. The first kappa shape index (κ1) is 8.50. The number of nitrogens with two attached hydrogens (primary N) is 1. The minimum atomic E-state index is 0. The summed E-state index contributed by atoms with van der Waals surface area (Å²) < 4.78 is 0. The van der Waals surface area contributed by atoms with Crippen LogP contribution < -0.4 is 11.3 Å². The van der Waals surface area contributed by atoms with E-state index in [4.69, 9.17) is 5.84 Å². The van der Waals surface area contributed by atoms with Gasteiger partial charge in [-0.25, -0.2) is 0 Å². The van der Waals surface area contributed by atoms with Gasteiger partial charge in [0.2, 0.25) is 0 Å². The molecular formula is C6H8FeN2. The van der Waals surface area contributed by atoms with Crippen LogP contribution in [0.15, 0.2) is 30.3 Å². The molecule has 0 saturated carbocycles. The Morgan fingerprint density at radius 2 is 1.67 bits per heavy atom. The summed E-state index contributed by atoms with van der Waals surface area (Å²) in [5.74, 6) is 5.10. The van der Waals surface area contributed by atoms with E-state index in [-0.39, 0.29) is 17.1 Å². The van der Waals surface area contributed by atoms with Gasteiger partial charge in [0.15, 0.2) is 0 Å². The van der Waals surface area contributed by atoms with Crippen LogP contribution in [0, 0.1) is 0 Å². The number of hydrogen-bond donors (Lipinski definition) is 2. The van der Waals surface area contributed by atoms with Gasteiger partial charge in [-0.05, 0) is 12.1 Å². The molecule has 3 heteroatoms. The van der Waals surface area contributed by atoms with Crippen LogP contribution in [0.4, 0.5) is 5.69 Å². The second-order valence-corrected chi connectivity index (χ2v) is 1.51. The molecule has 0 aromatic heterocycles. The standard InChI is InChI=1S/C6H8N2.Fe/c7-8-6-4-2-1-3-5-6;/h1-5,8H,7H2;. The molecule has 1 aromatic rings. The van der Waals surface area contributed by atoms with Gasteiger partial charge in [-0.1, -0.05) is 18.2 Å². The number of nitrogens with one attached hydrogen (secondary N) is 1. The molecule has 0 saturated heterocycles. The van der Waals surface area contributed by atoms with Gasteiger partial charge in [0.1, 0.15) is 0 Å². The molecule has 0 spiro atoms. The van der Waals surface area contributed by atoms with Crippen LogP contribution in [0.3, 0.4) is 0 Å². The van der Waals surface area contributed by atoms with Crippen molar-refractivity contribution >= 4 is 5.69 Å². The van der Waals surface area contributed by atoms with Gasteiger partial charge in [0.05, 0.1) is 0 Å². The molecule has 0 aliphatic heterocycles. The smallest absolute Gasteiger partial charge is 0.0485 e. The maximum atomic E-state index is 5.10. The maximum absolute atomic E-state index is 5.10. The molecule has 0 aliphatic carbocycles. The first-order chi connectivity index (χ1) is 3.93. The van der Waals surface area contributed by atoms with Gasteiger partial charge >= 0.3 is 0 Å². The second kappa shape index (κ2) is 4.39. The van der Waals surface area contributed by atoms with E-state index in [2.05, 4.69) is 5.43 Å². The third-order valence-electron chi connectivity index (χ3n) is 0.940. The molecule has 0 radical (unpaired) electrons. The Morgan fingerprint density at radius 1 is 1.11 bits per heavy atom. The fourth-order valence-electron chi connectivity index (χ4n) is 0.534. The van der Waals surface area contributed by atoms with Gasteiger partial charge < -0.3 is 5.43 Å². The van der Waals surface area contributed by atoms with Crippen molar-refractivity contribution in [1.82, 2.24) is 0 Å². The van der Waals surface area contributed by atoms with E-state index in [0.717, 1.165) is 5.69 Å². The van der Waals surface area contributed by atoms with Crippen molar-refractivity contribution < 1.29 is 17.1 Å². The van der Waals surface area contributed by atoms with Crippen LogP contribution in [-0.4, -0.2) is 0 Å². The van der Waals surface area contributed by atoms with Gasteiger partial charge in [0.25, 0.3) is 0 Å². The molecule has 0 aliphatic rings. The topological polar surface area (TPSA) is 38.0 Å². The molecule has 50 valence electrons. The predicted octanol–water partition coefficient (Wildman–Crippen LogP) is 0.970. The summed E-state index contributed by atoms with van der Waals surface area (Å²) in [4.78, 5) is 0. The molecule has 0 heterocycles. The fraction of sp³-hybridized carbons (Fsp3) is 0. The van der Waals surface area contributed by atoms with E-state index in [9.17, 15) is 0 Å². The van der Waals surface area contributed by atoms with Crippen LogP contribution in [0.1, 0.15) is 0 Å². The Bertz CT molecular complexity index is 152. The van der Waals surface area contributed by atoms with Crippen molar-refractivity contribution in [1.29, 1.82) is 0 Å². The minimum Gasteiger partial charge on any atom is -0.324 e. The molecule has 0 atom stereocenters. The molecule has 1 aromatic carbocycles. The third kappa shape index (κ3) is 2.51. The monoisotopic (exact) mass is 164 g/mol. The zero-order chi connectivity index (χ0) is 5.82. The number of nitrogen functional groups attached to an aromatic ring is 1. The van der Waals surface area contributed by atoms with Crippen LogP contribution in [0.2, 0.25) is 0 Å². The molecular weight excluding hydrogens is 156 g/mol. The molecule has 3 N–H and O–H groups in total. The van der Waals surface area contributed by atoms with Crippen molar-refractivity contribution in [3.8, 4) is 0 Å². The molecule has 1 rings (SSSR count). The number of hydrogen-bond acceptors (Lipinski definition) is 2. The van der Waals surface area contributed by atoms with Crippen molar-refractivity contribution in [2.24, 2.45) is 5.84 Å². The Morgan fingerprint density at radius 3 is 2.00 bits per heavy atom. The van der Waals surface area contributed by atoms with Gasteiger partial charge in [-0.2, -0.15) is 0 Å². The number of anilines is 1. The van der Waals surface area contributed by atoms with Crippen molar-refractivity contribution in [2.75, 3.05) is 5.43 Å². The van der Waals surface area contributed by atoms with Crippen molar-refractivity contribution in [2.45, 2.75) is 0 Å². The number of benzene rings is 1. The summed E-state index contributed by atoms with van der Waals surface area (Å²) in [5, 5.41) is 0. The first-order valence-corrected chi connectivity index (χ1v) is 2.45. The second-order valence-electron chi connectivity index (χ2n) is 1.51. The van der Waals surface area contributed by atoms with Gasteiger partial charge in [-0.15, -0.1) is 0 Å². The van der Waals surface area contributed by atoms with E-state index in [1.807, 2.05) is 30.3 Å². The first-order valence-electron chi connectivity index (χ1n) is 2.45. The van der Waals surface area contributed by atoms with Crippen LogP contribution in [-0.2, 0) is 17.1 Å². The number of para-hydroxylation sites is 1. The van der Waals surface area contributed by atoms with Crippen LogP contribution in [0.25, 0.3) is 0 Å². The van der Waals surface area contributed by atoms with E-state index in [1.165, 1.54) is 0 Å². The van der Waals surface area contributed by atoms with Gasteiger partial charge in [-0.3, -0.25) is 5.84 Å². The number of hydrazine groups is 1. The normalized spacial score (nSPS) is 7.67. The molecule has 0 fully saturated rings. The zero-order valence-corrected chi connectivity index (χ0v) is 5.92. The van der Waals surface area contributed by atoms with Crippen molar-refractivity contribution in [3.05, 3.63) is 30.3 Å². The van der Waals surface area contributed by atoms with E-state index >= 15 is 0 Å². The Balaban J connectivity index is 0.000000640. The third-order valence-corrected chi connectivity index (χ3v) is 0.940. The summed E-state index contributed by atoms with van der Waals surface area (Å²) >= 11 is 0. The summed E-state index contributed by atoms with van der Waals surface area (Å²) in [6.07, 6.45) is 0.